The maximum absolute atomic E-state index is 2.53. The summed E-state index contributed by atoms with van der Waals surface area (Å²) in [6, 6.07) is 17.6. The Kier molecular flexibility index (Phi) is 4.11. The summed E-state index contributed by atoms with van der Waals surface area (Å²) in [5, 5.41) is 0. The van der Waals surface area contributed by atoms with Gasteiger partial charge in [-0.2, -0.15) is 0 Å². The van der Waals surface area contributed by atoms with Crippen LogP contribution in [0, 0.1) is 11.8 Å². The Morgan fingerprint density at radius 2 is 0.714 bits per heavy atom. The molecule has 4 rings (SSSR count). The van der Waals surface area contributed by atoms with E-state index in [4.69, 9.17) is 0 Å². The highest BCUT2D eigenvalue weighted by Gasteiger charge is 2.69. The molecule has 2 heterocycles. The fraction of sp³-hybridized carbons (Fsp3) is 0.500. The third-order valence-corrected chi connectivity index (χ3v) is 7.41. The number of hydrogen-bond donors (Lipinski definition) is 0. The van der Waals surface area contributed by atoms with Gasteiger partial charge in [-0.1, -0.05) is 52.0 Å². The second kappa shape index (κ2) is 6.07. The molecule has 2 aromatic rings. The standard InChI is InChI=1S/C24H34N4/c1-17(2)23(25(5)19-13-9-10-14-20(19)26(23)6)24(18(3)4)27(7)21-15-11-12-16-22(21)28(24)8/h9-18H,1-8H3. The maximum Gasteiger partial charge on any atom is 0.158 e. The molecule has 28 heavy (non-hydrogen) atoms. The predicted molar refractivity (Wildman–Crippen MR) is 122 cm³/mol. The highest BCUT2D eigenvalue weighted by Crippen LogP contribution is 2.60. The van der Waals surface area contributed by atoms with Crippen LogP contribution in [0.5, 0.6) is 0 Å². The lowest BCUT2D eigenvalue weighted by atomic mass is 9.73. The zero-order valence-corrected chi connectivity index (χ0v) is 18.6. The van der Waals surface area contributed by atoms with Crippen molar-refractivity contribution in [2.24, 2.45) is 11.8 Å². The second-order valence-corrected chi connectivity index (χ2v) is 8.98. The van der Waals surface area contributed by atoms with Crippen molar-refractivity contribution in [3.05, 3.63) is 48.5 Å². The van der Waals surface area contributed by atoms with Crippen molar-refractivity contribution in [2.75, 3.05) is 47.8 Å². The van der Waals surface area contributed by atoms with Crippen molar-refractivity contribution < 1.29 is 0 Å². The number of para-hydroxylation sites is 4. The van der Waals surface area contributed by atoms with E-state index >= 15 is 0 Å². The van der Waals surface area contributed by atoms with Gasteiger partial charge < -0.3 is 19.6 Å². The molecule has 0 N–H and O–H groups in total. The minimum absolute atomic E-state index is 0.243. The molecule has 0 fully saturated rings. The van der Waals surface area contributed by atoms with Crippen LogP contribution in [-0.2, 0) is 0 Å². The Labute approximate surface area is 170 Å². The Morgan fingerprint density at radius 1 is 0.500 bits per heavy atom. The number of anilines is 4. The maximum atomic E-state index is 2.53. The third-order valence-electron chi connectivity index (χ3n) is 7.41. The van der Waals surface area contributed by atoms with Crippen LogP contribution in [0.1, 0.15) is 27.7 Å². The van der Waals surface area contributed by atoms with Gasteiger partial charge in [0.25, 0.3) is 0 Å². The smallest absolute Gasteiger partial charge is 0.158 e. The van der Waals surface area contributed by atoms with Gasteiger partial charge in [-0.25, -0.2) is 0 Å². The zero-order valence-electron chi connectivity index (χ0n) is 18.6. The zero-order chi connectivity index (χ0) is 20.4. The Bertz CT molecular complexity index is 756. The topological polar surface area (TPSA) is 13.0 Å². The molecular formula is C24H34N4. The number of rotatable bonds is 3. The van der Waals surface area contributed by atoms with Crippen molar-refractivity contribution in [2.45, 2.75) is 39.0 Å². The van der Waals surface area contributed by atoms with Gasteiger partial charge in [-0.15, -0.1) is 0 Å². The highest BCUT2D eigenvalue weighted by atomic mass is 15.6. The summed E-state index contributed by atoms with van der Waals surface area (Å²) in [4.78, 5) is 10.1. The molecular weight excluding hydrogens is 344 g/mol. The van der Waals surface area contributed by atoms with Gasteiger partial charge in [0, 0.05) is 28.2 Å². The van der Waals surface area contributed by atoms with Crippen LogP contribution >= 0.6 is 0 Å². The van der Waals surface area contributed by atoms with Gasteiger partial charge in [0.2, 0.25) is 0 Å². The van der Waals surface area contributed by atoms with Gasteiger partial charge in [-0.05, 0) is 36.1 Å². The molecule has 0 amide bonds. The fourth-order valence-electron chi connectivity index (χ4n) is 6.63. The van der Waals surface area contributed by atoms with Gasteiger partial charge >= 0.3 is 0 Å². The van der Waals surface area contributed by atoms with E-state index in [0.717, 1.165) is 0 Å². The lowest BCUT2D eigenvalue weighted by Gasteiger charge is -2.63. The summed E-state index contributed by atoms with van der Waals surface area (Å²) in [7, 11) is 9.10. The van der Waals surface area contributed by atoms with Crippen LogP contribution in [0.2, 0.25) is 0 Å². The van der Waals surface area contributed by atoms with E-state index in [-0.39, 0.29) is 11.3 Å². The van der Waals surface area contributed by atoms with E-state index in [9.17, 15) is 0 Å². The van der Waals surface area contributed by atoms with Crippen LogP contribution < -0.4 is 19.6 Å². The fourth-order valence-corrected chi connectivity index (χ4v) is 6.63. The molecule has 0 radical (unpaired) electrons. The van der Waals surface area contributed by atoms with E-state index in [1.165, 1.54) is 22.7 Å². The third kappa shape index (κ3) is 1.86. The molecule has 150 valence electrons. The first-order valence-electron chi connectivity index (χ1n) is 10.4. The van der Waals surface area contributed by atoms with E-state index < -0.39 is 0 Å². The number of fused-ring (bicyclic) bond motifs is 2. The SMILES string of the molecule is CC(C)C1(C2(C(C)C)N(C)c3ccccc3N2C)N(C)c2ccccc2N1C. The minimum Gasteiger partial charge on any atom is -0.346 e. The van der Waals surface area contributed by atoms with Gasteiger partial charge in [0.1, 0.15) is 0 Å². The predicted octanol–water partition coefficient (Wildman–Crippen LogP) is 4.86. The average Bonchev–Trinajstić information content (AvgIpc) is 3.04. The monoisotopic (exact) mass is 378 g/mol. The molecule has 0 unspecified atom stereocenters. The molecule has 0 saturated heterocycles. The first-order chi connectivity index (χ1) is 13.2. The van der Waals surface area contributed by atoms with Gasteiger partial charge in [0.05, 0.1) is 22.7 Å². The van der Waals surface area contributed by atoms with Gasteiger partial charge in [-0.3, -0.25) is 0 Å². The largest absolute Gasteiger partial charge is 0.346 e. The van der Waals surface area contributed by atoms with Crippen LogP contribution in [-0.4, -0.2) is 39.5 Å². The average molecular weight is 379 g/mol. The first kappa shape index (κ1) is 19.0. The molecule has 0 bridgehead atoms. The lowest BCUT2D eigenvalue weighted by molar-refractivity contribution is 0.112. The quantitative estimate of drug-likeness (QED) is 0.756. The highest BCUT2D eigenvalue weighted by molar-refractivity contribution is 5.86. The van der Waals surface area contributed by atoms with Crippen molar-refractivity contribution in [1.82, 2.24) is 0 Å². The molecule has 0 aliphatic carbocycles. The Balaban J connectivity index is 2.05. The minimum atomic E-state index is -0.243. The molecule has 0 aromatic heterocycles. The summed E-state index contributed by atoms with van der Waals surface area (Å²) in [6.45, 7) is 9.47. The van der Waals surface area contributed by atoms with Crippen molar-refractivity contribution >= 4 is 22.7 Å². The molecule has 2 aromatic carbocycles. The lowest BCUT2D eigenvalue weighted by Crippen LogP contribution is -2.82. The van der Waals surface area contributed by atoms with Crippen LogP contribution in [0.3, 0.4) is 0 Å². The summed E-state index contributed by atoms with van der Waals surface area (Å²) in [6.07, 6.45) is 0. The summed E-state index contributed by atoms with van der Waals surface area (Å²) in [5.74, 6) is 0.771. The molecule has 4 nitrogen and oxygen atoms in total. The molecule has 0 saturated carbocycles. The van der Waals surface area contributed by atoms with E-state index in [0.29, 0.717) is 11.8 Å². The summed E-state index contributed by atoms with van der Waals surface area (Å²) >= 11 is 0. The molecule has 4 heteroatoms. The first-order valence-corrected chi connectivity index (χ1v) is 10.4. The van der Waals surface area contributed by atoms with E-state index in [1.54, 1.807) is 0 Å². The Hall–Kier alpha value is -2.36. The van der Waals surface area contributed by atoms with Gasteiger partial charge in [0.15, 0.2) is 11.3 Å². The van der Waals surface area contributed by atoms with Crippen molar-refractivity contribution in [1.29, 1.82) is 0 Å². The van der Waals surface area contributed by atoms with Crippen LogP contribution in [0.15, 0.2) is 48.5 Å². The summed E-state index contributed by atoms with van der Waals surface area (Å²) in [5.41, 5.74) is 4.72. The molecule has 0 spiro atoms. The molecule has 0 atom stereocenters. The van der Waals surface area contributed by atoms with E-state index in [1.807, 2.05) is 0 Å². The van der Waals surface area contributed by atoms with Crippen LogP contribution in [0.25, 0.3) is 0 Å². The summed E-state index contributed by atoms with van der Waals surface area (Å²) < 4.78 is 0. The molecule has 2 aliphatic heterocycles. The number of benzene rings is 2. The van der Waals surface area contributed by atoms with Crippen LogP contribution in [0.4, 0.5) is 22.7 Å². The van der Waals surface area contributed by atoms with Crippen molar-refractivity contribution in [3.63, 3.8) is 0 Å². The van der Waals surface area contributed by atoms with Crippen molar-refractivity contribution in [3.8, 4) is 0 Å². The second-order valence-electron chi connectivity index (χ2n) is 8.98. The normalized spacial score (nSPS) is 19.6. The number of likely N-dealkylation sites (N-methyl/N-ethyl adjacent to an activating group) is 4. The van der Waals surface area contributed by atoms with E-state index in [2.05, 4.69) is 124 Å². The number of nitrogens with zero attached hydrogens (tertiary/aromatic N) is 4. The number of hydrogen-bond acceptors (Lipinski definition) is 4. The molecule has 2 aliphatic rings. The Morgan fingerprint density at radius 3 is 0.893 bits per heavy atom.